The van der Waals surface area contributed by atoms with Crippen LogP contribution in [-0.2, 0) is 21.3 Å². The molecule has 0 saturated heterocycles. The number of hydrogen-bond donors (Lipinski definition) is 2. The number of sulfonamides is 1. The van der Waals surface area contributed by atoms with E-state index in [1.54, 1.807) is 76.5 Å². The van der Waals surface area contributed by atoms with Crippen LogP contribution in [0.5, 0.6) is 5.75 Å². The number of nitrogens with one attached hydrogen (secondary N) is 2. The smallest absolute Gasteiger partial charge is 0.414 e. The fourth-order valence-electron chi connectivity index (χ4n) is 3.97. The molecule has 0 aliphatic carbocycles. The van der Waals surface area contributed by atoms with Crippen molar-refractivity contribution in [2.24, 2.45) is 4.99 Å². The second kappa shape index (κ2) is 13.5. The van der Waals surface area contributed by atoms with Crippen LogP contribution in [0.3, 0.4) is 0 Å². The normalized spacial score (nSPS) is 12.0. The van der Waals surface area contributed by atoms with Gasteiger partial charge in [-0.25, -0.2) is 22.9 Å². The van der Waals surface area contributed by atoms with Crippen LogP contribution in [0, 0.1) is 0 Å². The van der Waals surface area contributed by atoms with Crippen LogP contribution < -0.4 is 14.8 Å². The molecule has 12 heteroatoms. The first-order valence-electron chi connectivity index (χ1n) is 13.1. The van der Waals surface area contributed by atoms with Crippen LogP contribution in [0.25, 0.3) is 22.4 Å². The lowest BCUT2D eigenvalue weighted by atomic mass is 9.97. The fraction of sp³-hybridized carbons (Fsp3) is 0.194. The number of pyridine rings is 1. The lowest BCUT2D eigenvalue weighted by Gasteiger charge is -2.20. The Bertz CT molecular complexity index is 1740. The number of guanidine groups is 1. The van der Waals surface area contributed by atoms with E-state index in [0.29, 0.717) is 27.1 Å². The number of rotatable bonds is 7. The SMILES string of the molecule is COc1cc(Cl)ccc1-c1ncc(CN=C(NC(=O)OC(C)(C)C)NS(=O)(=O)c2ccccc2)cc1-c1ccc(Cl)cc1. The van der Waals surface area contributed by atoms with Crippen LogP contribution in [0.15, 0.2) is 94.9 Å². The van der Waals surface area contributed by atoms with E-state index >= 15 is 0 Å². The topological polar surface area (TPSA) is 119 Å². The predicted octanol–water partition coefficient (Wildman–Crippen LogP) is 7.09. The number of ether oxygens (including phenoxy) is 2. The molecular weight excluding hydrogens is 611 g/mol. The first-order chi connectivity index (χ1) is 20.3. The van der Waals surface area contributed by atoms with Crippen LogP contribution in [0.4, 0.5) is 4.79 Å². The molecule has 0 saturated carbocycles. The minimum atomic E-state index is -4.07. The summed E-state index contributed by atoms with van der Waals surface area (Å²) in [6.07, 6.45) is 0.746. The fourth-order valence-corrected chi connectivity index (χ4v) is 5.26. The number of alkyl carbamates (subject to hydrolysis) is 1. The van der Waals surface area contributed by atoms with Crippen molar-refractivity contribution in [2.45, 2.75) is 37.8 Å². The van der Waals surface area contributed by atoms with Crippen LogP contribution >= 0.6 is 23.2 Å². The highest BCUT2D eigenvalue weighted by atomic mass is 35.5. The summed E-state index contributed by atoms with van der Waals surface area (Å²) < 4.78 is 39.3. The number of aromatic nitrogens is 1. The van der Waals surface area contributed by atoms with Gasteiger partial charge < -0.3 is 9.47 Å². The average molecular weight is 642 g/mol. The van der Waals surface area contributed by atoms with Crippen LogP contribution in [0.2, 0.25) is 10.0 Å². The van der Waals surface area contributed by atoms with E-state index in [1.807, 2.05) is 24.3 Å². The summed E-state index contributed by atoms with van der Waals surface area (Å²) in [5.74, 6) is 0.231. The van der Waals surface area contributed by atoms with E-state index < -0.39 is 21.7 Å². The molecule has 0 atom stereocenters. The summed E-state index contributed by atoms with van der Waals surface area (Å²) in [6, 6.07) is 22.2. The molecule has 9 nitrogen and oxygen atoms in total. The number of aliphatic imine (C=N–C) groups is 1. The van der Waals surface area contributed by atoms with Gasteiger partial charge in [-0.05, 0) is 80.4 Å². The molecule has 224 valence electrons. The molecule has 0 spiro atoms. The third-order valence-corrected chi connectivity index (χ3v) is 7.68. The van der Waals surface area contributed by atoms with Crippen molar-refractivity contribution in [3.8, 4) is 28.1 Å². The monoisotopic (exact) mass is 640 g/mol. The lowest BCUT2D eigenvalue weighted by Crippen LogP contribution is -2.45. The van der Waals surface area contributed by atoms with E-state index in [4.69, 9.17) is 37.7 Å². The van der Waals surface area contributed by atoms with E-state index in [-0.39, 0.29) is 17.4 Å². The van der Waals surface area contributed by atoms with Gasteiger partial charge in [0.1, 0.15) is 11.4 Å². The summed E-state index contributed by atoms with van der Waals surface area (Å²) in [7, 11) is -2.51. The Labute approximate surface area is 260 Å². The number of benzene rings is 3. The summed E-state index contributed by atoms with van der Waals surface area (Å²) >= 11 is 12.3. The van der Waals surface area contributed by atoms with Crippen molar-refractivity contribution in [3.63, 3.8) is 0 Å². The molecule has 0 unspecified atom stereocenters. The Hall–Kier alpha value is -4.12. The Kier molecular flexibility index (Phi) is 9.95. The second-order valence-corrected chi connectivity index (χ2v) is 12.9. The maximum atomic E-state index is 13.0. The van der Waals surface area contributed by atoms with Gasteiger partial charge in [0, 0.05) is 27.4 Å². The van der Waals surface area contributed by atoms with E-state index in [0.717, 1.165) is 16.7 Å². The van der Waals surface area contributed by atoms with Crippen molar-refractivity contribution in [1.29, 1.82) is 0 Å². The Morgan fingerprint density at radius 3 is 2.26 bits per heavy atom. The summed E-state index contributed by atoms with van der Waals surface area (Å²) in [4.78, 5) is 21.7. The van der Waals surface area contributed by atoms with Gasteiger partial charge in [-0.15, -0.1) is 0 Å². The third-order valence-electron chi connectivity index (χ3n) is 5.84. The highest BCUT2D eigenvalue weighted by Gasteiger charge is 2.22. The second-order valence-electron chi connectivity index (χ2n) is 10.3. The largest absolute Gasteiger partial charge is 0.496 e. The van der Waals surface area contributed by atoms with E-state index in [1.165, 1.54) is 12.1 Å². The minimum Gasteiger partial charge on any atom is -0.496 e. The number of methoxy groups -OCH3 is 1. The van der Waals surface area contributed by atoms with Gasteiger partial charge in [-0.2, -0.15) is 0 Å². The van der Waals surface area contributed by atoms with Crippen LogP contribution in [-0.4, -0.2) is 38.2 Å². The van der Waals surface area contributed by atoms with E-state index in [2.05, 4.69) is 15.0 Å². The number of halogens is 2. The highest BCUT2D eigenvalue weighted by Crippen LogP contribution is 2.38. The van der Waals surface area contributed by atoms with E-state index in [9.17, 15) is 13.2 Å². The number of carbonyl (C=O) groups is 1. The standard InChI is InChI=1S/C31H30Cl2N4O5S/c1-31(2,3)42-30(38)36-29(37-43(39,40)24-8-6-5-7-9-24)35-19-20-16-26(21-10-12-22(32)13-11-21)28(34-18-20)25-15-14-23(33)17-27(25)41-4/h5-18H,19H2,1-4H3,(H2,35,36,37,38). The lowest BCUT2D eigenvalue weighted by molar-refractivity contribution is 0.0562. The molecular formula is C31H30Cl2N4O5S. The van der Waals surface area contributed by atoms with Gasteiger partial charge >= 0.3 is 6.09 Å². The molecule has 0 bridgehead atoms. The van der Waals surface area contributed by atoms with Crippen LogP contribution in [0.1, 0.15) is 26.3 Å². The molecule has 0 radical (unpaired) electrons. The van der Waals surface area contributed by atoms with Gasteiger partial charge in [0.2, 0.25) is 5.96 Å². The molecule has 43 heavy (non-hydrogen) atoms. The quantitative estimate of drug-likeness (QED) is 0.164. The van der Waals surface area contributed by atoms with Crippen molar-refractivity contribution in [2.75, 3.05) is 7.11 Å². The first-order valence-corrected chi connectivity index (χ1v) is 15.3. The molecule has 0 aliphatic rings. The van der Waals surface area contributed by atoms with Crippen molar-refractivity contribution >= 4 is 45.3 Å². The van der Waals surface area contributed by atoms with Gasteiger partial charge in [-0.3, -0.25) is 10.3 Å². The zero-order valence-electron chi connectivity index (χ0n) is 23.9. The predicted molar refractivity (Wildman–Crippen MR) is 169 cm³/mol. The summed E-state index contributed by atoms with van der Waals surface area (Å²) in [5, 5.41) is 3.51. The zero-order valence-corrected chi connectivity index (χ0v) is 26.2. The Morgan fingerprint density at radius 1 is 0.930 bits per heavy atom. The Morgan fingerprint density at radius 2 is 1.60 bits per heavy atom. The number of nitrogens with zero attached hydrogens (tertiary/aromatic N) is 2. The maximum absolute atomic E-state index is 13.0. The Balaban J connectivity index is 1.74. The molecule has 3 aromatic carbocycles. The van der Waals surface area contributed by atoms with Gasteiger partial charge in [0.05, 0.1) is 24.2 Å². The van der Waals surface area contributed by atoms with Crippen molar-refractivity contribution < 1.29 is 22.7 Å². The van der Waals surface area contributed by atoms with Gasteiger partial charge in [0.25, 0.3) is 10.0 Å². The van der Waals surface area contributed by atoms with Gasteiger partial charge in [0.15, 0.2) is 0 Å². The molecule has 4 aromatic rings. The minimum absolute atomic E-state index is 0.00152. The molecule has 4 rings (SSSR count). The average Bonchev–Trinajstić information content (AvgIpc) is 2.95. The third kappa shape index (κ3) is 8.70. The van der Waals surface area contributed by atoms with Crippen molar-refractivity contribution in [1.82, 2.24) is 15.0 Å². The molecule has 1 heterocycles. The van der Waals surface area contributed by atoms with Crippen molar-refractivity contribution in [3.05, 3.63) is 101 Å². The number of hydrogen-bond acceptors (Lipinski definition) is 7. The molecule has 0 aliphatic heterocycles. The maximum Gasteiger partial charge on any atom is 0.414 e. The highest BCUT2D eigenvalue weighted by molar-refractivity contribution is 7.90. The number of amides is 1. The summed E-state index contributed by atoms with van der Waals surface area (Å²) in [6.45, 7) is 5.05. The molecule has 1 amide bonds. The molecule has 2 N–H and O–H groups in total. The molecule has 0 fully saturated rings. The van der Waals surface area contributed by atoms with Gasteiger partial charge in [-0.1, -0.05) is 53.5 Å². The summed E-state index contributed by atoms with van der Waals surface area (Å²) in [5.41, 5.74) is 2.73. The molecule has 1 aromatic heterocycles. The first kappa shape index (κ1) is 31.8. The zero-order chi connectivity index (χ0) is 31.2. The number of carbonyl (C=O) groups excluding carboxylic acids is 1.